The zero-order valence-electron chi connectivity index (χ0n) is 7.33. The van der Waals surface area contributed by atoms with Crippen LogP contribution in [-0.2, 0) is 13.8 Å². The molecule has 0 heterocycles. The van der Waals surface area contributed by atoms with Crippen molar-refractivity contribution >= 4 is 24.1 Å². The maximum Gasteiger partial charge on any atom is 0.421 e. The molecule has 1 atom stereocenters. The fourth-order valence-electron chi connectivity index (χ4n) is 0.667. The lowest BCUT2D eigenvalue weighted by Gasteiger charge is -2.04. The van der Waals surface area contributed by atoms with Crippen molar-refractivity contribution < 1.29 is 18.7 Å². The van der Waals surface area contributed by atoms with Gasteiger partial charge in [-0.25, -0.2) is 4.57 Å². The van der Waals surface area contributed by atoms with Crippen LogP contribution in [0.2, 0.25) is 0 Å². The van der Waals surface area contributed by atoms with Crippen LogP contribution in [0.25, 0.3) is 0 Å². The lowest BCUT2D eigenvalue weighted by atomic mass is 10.2. The Balaban J connectivity index is 3.27. The summed E-state index contributed by atoms with van der Waals surface area (Å²) < 4.78 is 19.4. The van der Waals surface area contributed by atoms with E-state index in [-0.39, 0.29) is 12.5 Å². The second-order valence-electron chi connectivity index (χ2n) is 2.37. The van der Waals surface area contributed by atoms with Gasteiger partial charge in [-0.05, 0) is 12.8 Å². The molecular formula is C6H13ClNO4P. The molecule has 2 N–H and O–H groups in total. The molecule has 78 valence electrons. The van der Waals surface area contributed by atoms with E-state index in [0.717, 1.165) is 0 Å². The summed E-state index contributed by atoms with van der Waals surface area (Å²) in [6.45, 7) is -3.73. The van der Waals surface area contributed by atoms with Crippen molar-refractivity contribution in [1.29, 1.82) is 5.41 Å². The Morgan fingerprint density at radius 3 is 2.69 bits per heavy atom. The maximum absolute atomic E-state index is 10.4. The van der Waals surface area contributed by atoms with E-state index in [0.29, 0.717) is 19.3 Å². The average Bonchev–Trinajstić information content (AvgIpc) is 2.01. The van der Waals surface area contributed by atoms with E-state index in [4.69, 9.17) is 21.5 Å². The Labute approximate surface area is 81.8 Å². The minimum Gasteiger partial charge on any atom is -0.484 e. The molecule has 0 aromatic carbocycles. The lowest BCUT2D eigenvalue weighted by Crippen LogP contribution is -1.99. The highest BCUT2D eigenvalue weighted by Gasteiger charge is 2.12. The van der Waals surface area contributed by atoms with Crippen LogP contribution in [0.15, 0.2) is 0 Å². The molecule has 13 heavy (non-hydrogen) atoms. The molecule has 0 amide bonds. The zero-order valence-corrected chi connectivity index (χ0v) is 8.98. The molecule has 0 aliphatic carbocycles. The largest absolute Gasteiger partial charge is 0.484 e. The summed E-state index contributed by atoms with van der Waals surface area (Å²) >= 11 is 4.92. The van der Waals surface area contributed by atoms with Crippen molar-refractivity contribution in [2.45, 2.75) is 19.3 Å². The molecule has 0 aliphatic rings. The third-order valence-electron chi connectivity index (χ3n) is 1.30. The van der Waals surface area contributed by atoms with Gasteiger partial charge in [-0.2, -0.15) is 0 Å². The molecule has 0 saturated heterocycles. The summed E-state index contributed by atoms with van der Waals surface area (Å²) in [4.78, 5) is 8.50. The molecule has 0 spiro atoms. The van der Waals surface area contributed by atoms with Gasteiger partial charge in [0.2, 0.25) is 0 Å². The molecule has 0 fully saturated rings. The van der Waals surface area contributed by atoms with Gasteiger partial charge in [0.25, 0.3) is 0 Å². The van der Waals surface area contributed by atoms with E-state index in [1.54, 1.807) is 0 Å². The van der Waals surface area contributed by atoms with E-state index >= 15 is 0 Å². The second kappa shape index (κ2) is 6.38. The SMILES string of the molecule is COC(=N)CCCCOP(=O)(O)Cl. The molecule has 0 rings (SSSR count). The fraction of sp³-hybridized carbons (Fsp3) is 0.833. The third kappa shape index (κ3) is 9.83. The van der Waals surface area contributed by atoms with Crippen molar-refractivity contribution in [2.24, 2.45) is 0 Å². The predicted octanol–water partition coefficient (Wildman–Crippen LogP) is 2.14. The highest BCUT2D eigenvalue weighted by atomic mass is 35.7. The van der Waals surface area contributed by atoms with Crippen LogP contribution >= 0.6 is 18.2 Å². The molecule has 5 nitrogen and oxygen atoms in total. The average molecular weight is 230 g/mol. The number of rotatable bonds is 6. The summed E-state index contributed by atoms with van der Waals surface area (Å²) in [6, 6.07) is 0. The number of methoxy groups -OCH3 is 1. The fourth-order valence-corrected chi connectivity index (χ4v) is 1.23. The third-order valence-corrected chi connectivity index (χ3v) is 2.09. The summed E-state index contributed by atoms with van der Waals surface area (Å²) in [5, 5.41) is 7.10. The van der Waals surface area contributed by atoms with Crippen LogP contribution < -0.4 is 0 Å². The number of unbranched alkanes of at least 4 members (excludes halogenated alkanes) is 1. The number of ether oxygens (including phenoxy) is 1. The van der Waals surface area contributed by atoms with Crippen LogP contribution in [0, 0.1) is 5.41 Å². The molecule has 1 unspecified atom stereocenters. The van der Waals surface area contributed by atoms with Gasteiger partial charge in [0.05, 0.1) is 13.7 Å². The van der Waals surface area contributed by atoms with E-state index in [9.17, 15) is 4.57 Å². The van der Waals surface area contributed by atoms with Crippen molar-refractivity contribution in [2.75, 3.05) is 13.7 Å². The van der Waals surface area contributed by atoms with E-state index in [2.05, 4.69) is 9.26 Å². The Morgan fingerprint density at radius 1 is 1.62 bits per heavy atom. The van der Waals surface area contributed by atoms with Crippen molar-refractivity contribution in [3.8, 4) is 0 Å². The quantitative estimate of drug-likeness (QED) is 0.316. The minimum atomic E-state index is -3.85. The van der Waals surface area contributed by atoms with E-state index in [1.165, 1.54) is 7.11 Å². The monoisotopic (exact) mass is 229 g/mol. The van der Waals surface area contributed by atoms with Crippen LogP contribution in [-0.4, -0.2) is 24.5 Å². The van der Waals surface area contributed by atoms with Gasteiger partial charge in [0.1, 0.15) is 0 Å². The van der Waals surface area contributed by atoms with Crippen molar-refractivity contribution in [3.05, 3.63) is 0 Å². The number of halogens is 1. The normalized spacial score (nSPS) is 15.0. The molecule has 0 saturated carbocycles. The first-order chi connectivity index (χ1) is 5.95. The molecule has 0 aromatic rings. The van der Waals surface area contributed by atoms with Crippen molar-refractivity contribution in [3.63, 3.8) is 0 Å². The molecule has 0 aliphatic heterocycles. The van der Waals surface area contributed by atoms with Crippen LogP contribution in [0.4, 0.5) is 0 Å². The molecule has 0 bridgehead atoms. The minimum absolute atomic E-state index is 0.119. The van der Waals surface area contributed by atoms with Gasteiger partial charge in [0, 0.05) is 17.7 Å². The molecule has 0 radical (unpaired) electrons. The number of hydrogen-bond acceptors (Lipinski definition) is 4. The topological polar surface area (TPSA) is 79.6 Å². The smallest absolute Gasteiger partial charge is 0.421 e. The summed E-state index contributed by atoms with van der Waals surface area (Å²) in [7, 11) is 1.43. The summed E-state index contributed by atoms with van der Waals surface area (Å²) in [5.74, 6) is 0.193. The highest BCUT2D eigenvalue weighted by Crippen LogP contribution is 2.47. The number of nitrogens with one attached hydrogen (secondary N) is 1. The standard InChI is InChI=1S/C6H13ClNO4P/c1-11-6(8)4-2-3-5-12-13(7,9)10/h8H,2-5H2,1H3,(H,9,10). The number of hydrogen-bond donors (Lipinski definition) is 2. The zero-order chi connectivity index (χ0) is 10.3. The van der Waals surface area contributed by atoms with Gasteiger partial charge >= 0.3 is 6.95 Å². The lowest BCUT2D eigenvalue weighted by molar-refractivity contribution is 0.267. The van der Waals surface area contributed by atoms with Crippen LogP contribution in [0.5, 0.6) is 0 Å². The molecule has 0 aromatic heterocycles. The van der Waals surface area contributed by atoms with E-state index in [1.807, 2.05) is 0 Å². The Hall–Kier alpha value is -0.0900. The Kier molecular flexibility index (Phi) is 6.33. The van der Waals surface area contributed by atoms with Gasteiger partial charge in [0.15, 0.2) is 5.90 Å². The predicted molar refractivity (Wildman–Crippen MR) is 50.2 cm³/mol. The van der Waals surface area contributed by atoms with Gasteiger partial charge in [-0.3, -0.25) is 9.93 Å². The maximum atomic E-state index is 10.4. The van der Waals surface area contributed by atoms with E-state index < -0.39 is 6.95 Å². The second-order valence-corrected chi connectivity index (χ2v) is 4.81. The summed E-state index contributed by atoms with van der Waals surface area (Å²) in [6.07, 6.45) is 1.74. The molecular weight excluding hydrogens is 216 g/mol. The Morgan fingerprint density at radius 2 is 2.23 bits per heavy atom. The van der Waals surface area contributed by atoms with Crippen LogP contribution in [0.3, 0.4) is 0 Å². The highest BCUT2D eigenvalue weighted by molar-refractivity contribution is 7.80. The first-order valence-corrected chi connectivity index (χ1v) is 6.22. The first-order valence-electron chi connectivity index (χ1n) is 3.74. The van der Waals surface area contributed by atoms with Crippen LogP contribution in [0.1, 0.15) is 19.3 Å². The first kappa shape index (κ1) is 12.9. The molecule has 7 heteroatoms. The van der Waals surface area contributed by atoms with Gasteiger partial charge in [-0.15, -0.1) is 0 Å². The summed E-state index contributed by atoms with van der Waals surface area (Å²) in [5.41, 5.74) is 0. The van der Waals surface area contributed by atoms with Gasteiger partial charge < -0.3 is 9.63 Å². The van der Waals surface area contributed by atoms with Crippen molar-refractivity contribution in [1.82, 2.24) is 0 Å². The Bertz CT molecular complexity index is 205. The van der Waals surface area contributed by atoms with Gasteiger partial charge in [-0.1, -0.05) is 0 Å².